The third-order valence-electron chi connectivity index (χ3n) is 5.80. The van der Waals surface area contributed by atoms with Crippen molar-refractivity contribution in [1.82, 2.24) is 0 Å². The molecule has 196 valence electrons. The van der Waals surface area contributed by atoms with Gasteiger partial charge in [-0.3, -0.25) is 19.3 Å². The van der Waals surface area contributed by atoms with Crippen LogP contribution in [0.15, 0.2) is 72.8 Å². The summed E-state index contributed by atoms with van der Waals surface area (Å²) in [5, 5.41) is 0.712. The van der Waals surface area contributed by atoms with E-state index < -0.39 is 47.6 Å². The van der Waals surface area contributed by atoms with E-state index in [1.165, 1.54) is 23.1 Å². The summed E-state index contributed by atoms with van der Waals surface area (Å²) >= 11 is 12.4. The zero-order valence-corrected chi connectivity index (χ0v) is 22.5. The van der Waals surface area contributed by atoms with Crippen molar-refractivity contribution < 1.29 is 28.7 Å². The van der Waals surface area contributed by atoms with Crippen LogP contribution >= 0.6 is 23.2 Å². The molecule has 1 amide bonds. The predicted octanol–water partition coefficient (Wildman–Crippen LogP) is 5.87. The van der Waals surface area contributed by atoms with Crippen molar-refractivity contribution in [2.24, 2.45) is 5.92 Å². The Labute approximate surface area is 230 Å². The van der Waals surface area contributed by atoms with E-state index in [4.69, 9.17) is 32.7 Å². The van der Waals surface area contributed by atoms with E-state index in [2.05, 4.69) is 0 Å². The van der Waals surface area contributed by atoms with Gasteiger partial charge in [-0.05, 0) is 56.7 Å². The quantitative estimate of drug-likeness (QED) is 0.157. The van der Waals surface area contributed by atoms with Gasteiger partial charge in [-0.25, -0.2) is 4.79 Å². The number of halogens is 2. The number of Topliss-reactive ketones (excluding diaryl/α,β-unsaturated/α-hetero) is 2. The van der Waals surface area contributed by atoms with Crippen molar-refractivity contribution in [2.75, 3.05) is 11.5 Å². The zero-order valence-electron chi connectivity index (χ0n) is 20.9. The first-order chi connectivity index (χ1) is 18.0. The van der Waals surface area contributed by atoms with E-state index in [1.54, 1.807) is 75.4 Å². The second-order valence-corrected chi connectivity index (χ2v) is 10.6. The fraction of sp³-hybridized carbons (Fsp3) is 0.241. The summed E-state index contributed by atoms with van der Waals surface area (Å²) in [7, 11) is 0. The Balaban J connectivity index is 1.79. The summed E-state index contributed by atoms with van der Waals surface area (Å²) in [4.78, 5) is 54.0. The summed E-state index contributed by atoms with van der Waals surface area (Å²) < 4.78 is 11.0. The number of nitrogens with zero attached hydrogens (tertiary/aromatic N) is 1. The number of ketones is 2. The van der Waals surface area contributed by atoms with E-state index in [1.807, 2.05) is 0 Å². The Morgan fingerprint density at radius 3 is 2.16 bits per heavy atom. The highest BCUT2D eigenvalue weighted by Crippen LogP contribution is 2.45. The Morgan fingerprint density at radius 2 is 1.53 bits per heavy atom. The molecule has 1 aliphatic heterocycles. The van der Waals surface area contributed by atoms with Gasteiger partial charge in [0.15, 0.2) is 12.4 Å². The van der Waals surface area contributed by atoms with Gasteiger partial charge in [0.05, 0.1) is 11.7 Å². The lowest BCUT2D eigenvalue weighted by molar-refractivity contribution is -0.157. The van der Waals surface area contributed by atoms with Crippen molar-refractivity contribution in [3.63, 3.8) is 0 Å². The zero-order chi connectivity index (χ0) is 27.6. The van der Waals surface area contributed by atoms with Crippen LogP contribution in [0.4, 0.5) is 5.69 Å². The Bertz CT molecular complexity index is 1380. The number of rotatable bonds is 7. The molecule has 0 aromatic heterocycles. The average molecular weight is 554 g/mol. The van der Waals surface area contributed by atoms with E-state index in [-0.39, 0.29) is 16.5 Å². The molecule has 4 rings (SSSR count). The first kappa shape index (κ1) is 27.4. The number of hydrogen-bond acceptors (Lipinski definition) is 6. The van der Waals surface area contributed by atoms with Crippen LogP contribution < -0.4 is 9.64 Å². The van der Waals surface area contributed by atoms with Crippen molar-refractivity contribution in [3.8, 4) is 5.75 Å². The highest BCUT2D eigenvalue weighted by Gasteiger charge is 2.53. The number of hydrogen-bond donors (Lipinski definition) is 0. The molecule has 0 aliphatic carbocycles. The summed E-state index contributed by atoms with van der Waals surface area (Å²) in [5.74, 6) is -4.09. The topological polar surface area (TPSA) is 90.0 Å². The first-order valence-corrected chi connectivity index (χ1v) is 12.6. The number of carbonyl (C=O) groups excluding carboxylic acids is 4. The van der Waals surface area contributed by atoms with Crippen LogP contribution in [0.2, 0.25) is 10.0 Å². The third kappa shape index (κ3) is 5.90. The molecule has 0 radical (unpaired) electrons. The smallest absolute Gasteiger partial charge is 0.344 e. The molecule has 38 heavy (non-hydrogen) atoms. The van der Waals surface area contributed by atoms with E-state index in [0.29, 0.717) is 16.1 Å². The lowest BCUT2D eigenvalue weighted by atomic mass is 9.86. The van der Waals surface area contributed by atoms with Crippen LogP contribution in [0.25, 0.3) is 0 Å². The highest BCUT2D eigenvalue weighted by molar-refractivity contribution is 6.49. The molecular formula is C29H25Cl2NO6. The molecule has 2 atom stereocenters. The van der Waals surface area contributed by atoms with Gasteiger partial charge in [-0.15, -0.1) is 0 Å². The lowest BCUT2D eigenvalue weighted by Gasteiger charge is -2.29. The molecule has 1 fully saturated rings. The number of anilines is 1. The number of ether oxygens (including phenoxy) is 2. The number of carbonyl (C=O) groups is 4. The van der Waals surface area contributed by atoms with E-state index in [9.17, 15) is 19.2 Å². The largest absolute Gasteiger partial charge is 0.480 e. The van der Waals surface area contributed by atoms with E-state index >= 15 is 0 Å². The van der Waals surface area contributed by atoms with Crippen molar-refractivity contribution in [2.45, 2.75) is 32.4 Å². The maximum absolute atomic E-state index is 13.6. The molecule has 0 saturated carbocycles. The number of esters is 1. The van der Waals surface area contributed by atoms with Crippen LogP contribution in [0.1, 0.15) is 42.7 Å². The Kier molecular flexibility index (Phi) is 7.90. The van der Waals surface area contributed by atoms with Crippen molar-refractivity contribution >= 4 is 52.3 Å². The standard InChI is InChI=1S/C29H25Cl2NO6/c1-29(2,3)38-23(33)16-37-22-14-13-20(31)15-21(22)32-25(17-9-11-19(30)12-10-17)24(27(35)28(32)36)26(34)18-7-5-4-6-8-18/h4-15,24-25H,16H2,1-3H3. The minimum Gasteiger partial charge on any atom is -0.480 e. The normalized spacial score (nSPS) is 17.4. The second-order valence-electron chi connectivity index (χ2n) is 9.73. The van der Waals surface area contributed by atoms with Gasteiger partial charge in [0.25, 0.3) is 5.91 Å². The average Bonchev–Trinajstić information content (AvgIpc) is 3.13. The maximum atomic E-state index is 13.6. The van der Waals surface area contributed by atoms with Crippen LogP contribution in [0.3, 0.4) is 0 Å². The minimum atomic E-state index is -1.33. The van der Waals surface area contributed by atoms with Gasteiger partial charge in [0.1, 0.15) is 17.3 Å². The van der Waals surface area contributed by atoms with Gasteiger partial charge in [0.2, 0.25) is 5.78 Å². The fourth-order valence-electron chi connectivity index (χ4n) is 4.28. The summed E-state index contributed by atoms with van der Waals surface area (Å²) in [6.07, 6.45) is 0. The molecule has 9 heteroatoms. The molecule has 7 nitrogen and oxygen atoms in total. The van der Waals surface area contributed by atoms with Crippen LogP contribution in [0.5, 0.6) is 5.75 Å². The maximum Gasteiger partial charge on any atom is 0.344 e. The summed E-state index contributed by atoms with van der Waals surface area (Å²) in [6, 6.07) is 18.3. The third-order valence-corrected chi connectivity index (χ3v) is 6.29. The Hall–Kier alpha value is -3.68. The van der Waals surface area contributed by atoms with Crippen LogP contribution in [-0.4, -0.2) is 35.7 Å². The number of benzene rings is 3. The van der Waals surface area contributed by atoms with Crippen molar-refractivity contribution in [1.29, 1.82) is 0 Å². The van der Waals surface area contributed by atoms with Crippen molar-refractivity contribution in [3.05, 3.63) is 94.0 Å². The summed E-state index contributed by atoms with van der Waals surface area (Å²) in [6.45, 7) is 4.75. The first-order valence-electron chi connectivity index (χ1n) is 11.8. The van der Waals surface area contributed by atoms with E-state index in [0.717, 1.165) is 0 Å². The Morgan fingerprint density at radius 1 is 0.895 bits per heavy atom. The summed E-state index contributed by atoms with van der Waals surface area (Å²) in [5.41, 5.74) is 0.237. The molecule has 2 unspecified atom stereocenters. The van der Waals surface area contributed by atoms with Gasteiger partial charge in [0, 0.05) is 15.6 Å². The SMILES string of the molecule is CC(C)(C)OC(=O)COc1ccc(Cl)cc1N1C(=O)C(=O)C(C(=O)c2ccccc2)C1c1ccc(Cl)cc1. The number of amides is 1. The molecule has 3 aromatic rings. The molecule has 0 spiro atoms. The van der Waals surface area contributed by atoms with Gasteiger partial charge in [-0.1, -0.05) is 65.7 Å². The van der Waals surface area contributed by atoms with Gasteiger partial charge in [-0.2, -0.15) is 0 Å². The highest BCUT2D eigenvalue weighted by atomic mass is 35.5. The molecule has 3 aromatic carbocycles. The molecule has 1 aliphatic rings. The van der Waals surface area contributed by atoms with Gasteiger partial charge < -0.3 is 9.47 Å². The van der Waals surface area contributed by atoms with Crippen LogP contribution in [0, 0.1) is 5.92 Å². The van der Waals surface area contributed by atoms with Crippen LogP contribution in [-0.2, 0) is 19.1 Å². The molecule has 1 heterocycles. The van der Waals surface area contributed by atoms with Gasteiger partial charge >= 0.3 is 5.97 Å². The minimum absolute atomic E-state index is 0.119. The lowest BCUT2D eigenvalue weighted by Crippen LogP contribution is -2.31. The molecule has 1 saturated heterocycles. The fourth-order valence-corrected chi connectivity index (χ4v) is 4.58. The molecular weight excluding hydrogens is 529 g/mol. The second kappa shape index (κ2) is 11.0. The molecule has 0 bridgehead atoms. The predicted molar refractivity (Wildman–Crippen MR) is 144 cm³/mol. The monoisotopic (exact) mass is 553 g/mol. The molecule has 0 N–H and O–H groups in total.